The molecule has 0 fully saturated rings. The fourth-order valence-corrected chi connectivity index (χ4v) is 1.71. The molecule has 1 heterocycles. The van der Waals surface area contributed by atoms with Crippen LogP contribution < -0.4 is 4.74 Å². The summed E-state index contributed by atoms with van der Waals surface area (Å²) in [7, 11) is 1.41. The van der Waals surface area contributed by atoms with Gasteiger partial charge in [-0.15, -0.1) is 0 Å². The number of methoxy groups -OCH3 is 1. The van der Waals surface area contributed by atoms with Gasteiger partial charge < -0.3 is 9.47 Å². The van der Waals surface area contributed by atoms with Crippen LogP contribution in [-0.4, -0.2) is 23.4 Å². The van der Waals surface area contributed by atoms with Crippen LogP contribution in [0.3, 0.4) is 0 Å². The van der Waals surface area contributed by atoms with E-state index in [0.29, 0.717) is 11.8 Å². The molecule has 0 atom stereocenters. The standard InChI is InChI=1S/C14H10ClFN2O3/c1-20-7-9(6-19)10-4-2-3-5-11(10)21-14-12(16)13(15)17-8-18-14/h2-8H,1H3/b9-7-. The first-order valence-corrected chi connectivity index (χ1v) is 6.16. The highest BCUT2D eigenvalue weighted by Crippen LogP contribution is 2.30. The molecule has 21 heavy (non-hydrogen) atoms. The molecule has 1 aromatic heterocycles. The molecule has 1 aromatic carbocycles. The van der Waals surface area contributed by atoms with Crippen molar-refractivity contribution in [2.75, 3.05) is 7.11 Å². The van der Waals surface area contributed by atoms with Gasteiger partial charge in [0.2, 0.25) is 5.82 Å². The van der Waals surface area contributed by atoms with Crippen molar-refractivity contribution in [2.24, 2.45) is 0 Å². The van der Waals surface area contributed by atoms with E-state index >= 15 is 0 Å². The van der Waals surface area contributed by atoms with Gasteiger partial charge in [0, 0.05) is 5.56 Å². The molecule has 0 aliphatic carbocycles. The minimum Gasteiger partial charge on any atom is -0.504 e. The maximum atomic E-state index is 13.8. The predicted octanol–water partition coefficient (Wildman–Crippen LogP) is 3.25. The van der Waals surface area contributed by atoms with Gasteiger partial charge in [0.1, 0.15) is 12.1 Å². The van der Waals surface area contributed by atoms with Crippen molar-refractivity contribution in [1.29, 1.82) is 0 Å². The summed E-state index contributed by atoms with van der Waals surface area (Å²) in [6.07, 6.45) is 2.95. The van der Waals surface area contributed by atoms with E-state index in [1.807, 2.05) is 0 Å². The summed E-state index contributed by atoms with van der Waals surface area (Å²) >= 11 is 5.57. The van der Waals surface area contributed by atoms with Crippen molar-refractivity contribution in [3.8, 4) is 11.6 Å². The molecular weight excluding hydrogens is 299 g/mol. The zero-order valence-electron chi connectivity index (χ0n) is 10.9. The molecule has 0 bridgehead atoms. The second kappa shape index (κ2) is 6.81. The molecule has 0 amide bonds. The molecule has 0 unspecified atom stereocenters. The van der Waals surface area contributed by atoms with Crippen LogP contribution in [0.2, 0.25) is 5.15 Å². The van der Waals surface area contributed by atoms with Crippen molar-refractivity contribution in [2.45, 2.75) is 0 Å². The SMILES string of the molecule is CO/C=C(/C=O)c1ccccc1Oc1ncnc(Cl)c1F. The van der Waals surface area contributed by atoms with Crippen LogP contribution >= 0.6 is 11.6 Å². The van der Waals surface area contributed by atoms with Crippen LogP contribution in [0.4, 0.5) is 4.39 Å². The van der Waals surface area contributed by atoms with E-state index in [-0.39, 0.29) is 22.4 Å². The van der Waals surface area contributed by atoms with Crippen LogP contribution in [0.5, 0.6) is 11.6 Å². The van der Waals surface area contributed by atoms with Crippen LogP contribution in [0.25, 0.3) is 5.57 Å². The Morgan fingerprint density at radius 3 is 2.81 bits per heavy atom. The monoisotopic (exact) mass is 308 g/mol. The number of hydrogen-bond acceptors (Lipinski definition) is 5. The molecule has 5 nitrogen and oxygen atoms in total. The average molecular weight is 309 g/mol. The normalized spacial score (nSPS) is 11.1. The van der Waals surface area contributed by atoms with E-state index in [4.69, 9.17) is 21.1 Å². The lowest BCUT2D eigenvalue weighted by Crippen LogP contribution is -1.98. The number of aromatic nitrogens is 2. The largest absolute Gasteiger partial charge is 0.504 e. The Hall–Kier alpha value is -2.47. The van der Waals surface area contributed by atoms with Crippen LogP contribution in [0, 0.1) is 5.82 Å². The van der Waals surface area contributed by atoms with Crippen LogP contribution in [0.15, 0.2) is 36.9 Å². The number of hydrogen-bond donors (Lipinski definition) is 0. The molecule has 108 valence electrons. The number of benzene rings is 1. The van der Waals surface area contributed by atoms with Crippen LogP contribution in [-0.2, 0) is 9.53 Å². The Morgan fingerprint density at radius 2 is 2.10 bits per heavy atom. The van der Waals surface area contributed by atoms with Gasteiger partial charge in [0.25, 0.3) is 5.88 Å². The molecule has 0 spiro atoms. The molecule has 0 radical (unpaired) electrons. The molecule has 0 N–H and O–H groups in total. The predicted molar refractivity (Wildman–Crippen MR) is 74.6 cm³/mol. The number of allylic oxidation sites excluding steroid dienone is 1. The lowest BCUT2D eigenvalue weighted by Gasteiger charge is -2.10. The fourth-order valence-electron chi connectivity index (χ4n) is 1.58. The van der Waals surface area contributed by atoms with Gasteiger partial charge >= 0.3 is 0 Å². The van der Waals surface area contributed by atoms with Crippen molar-refractivity contribution >= 4 is 23.5 Å². The van der Waals surface area contributed by atoms with Gasteiger partial charge in [-0.25, -0.2) is 4.98 Å². The lowest BCUT2D eigenvalue weighted by molar-refractivity contribution is -0.103. The smallest absolute Gasteiger partial charge is 0.260 e. The molecule has 2 rings (SSSR count). The number of carbonyl (C=O) groups excluding carboxylic acids is 1. The topological polar surface area (TPSA) is 61.3 Å². The Balaban J connectivity index is 2.43. The summed E-state index contributed by atoms with van der Waals surface area (Å²) in [5, 5.41) is -0.347. The first-order valence-electron chi connectivity index (χ1n) is 5.78. The Bertz CT molecular complexity index is 692. The number of rotatable bonds is 5. The first kappa shape index (κ1) is 14.9. The summed E-state index contributed by atoms with van der Waals surface area (Å²) in [5.41, 5.74) is 0.678. The summed E-state index contributed by atoms with van der Waals surface area (Å²) in [6.45, 7) is 0. The molecule has 7 heteroatoms. The van der Waals surface area contributed by atoms with Crippen molar-refractivity contribution in [3.05, 3.63) is 53.4 Å². The quantitative estimate of drug-likeness (QED) is 0.367. The third-order valence-corrected chi connectivity index (χ3v) is 2.75. The van der Waals surface area contributed by atoms with Gasteiger partial charge in [0.05, 0.1) is 18.9 Å². The second-order valence-corrected chi connectivity index (χ2v) is 4.17. The maximum Gasteiger partial charge on any atom is 0.260 e. The van der Waals surface area contributed by atoms with E-state index in [1.54, 1.807) is 24.3 Å². The molecule has 2 aromatic rings. The maximum absolute atomic E-state index is 13.8. The van der Waals surface area contributed by atoms with E-state index < -0.39 is 5.82 Å². The highest BCUT2D eigenvalue weighted by atomic mass is 35.5. The number of carbonyl (C=O) groups is 1. The molecule has 0 saturated heterocycles. The van der Waals surface area contributed by atoms with E-state index in [9.17, 15) is 9.18 Å². The van der Waals surface area contributed by atoms with E-state index in [2.05, 4.69) is 9.97 Å². The second-order valence-electron chi connectivity index (χ2n) is 3.81. The summed E-state index contributed by atoms with van der Waals surface area (Å²) in [4.78, 5) is 18.3. The third kappa shape index (κ3) is 3.35. The van der Waals surface area contributed by atoms with Crippen LogP contribution in [0.1, 0.15) is 5.56 Å². The van der Waals surface area contributed by atoms with Crippen molar-refractivity contribution in [1.82, 2.24) is 9.97 Å². The summed E-state index contributed by atoms with van der Waals surface area (Å²) < 4.78 is 24.0. The van der Waals surface area contributed by atoms with E-state index in [1.165, 1.54) is 13.4 Å². The summed E-state index contributed by atoms with van der Waals surface area (Å²) in [5.74, 6) is -0.968. The fraction of sp³-hybridized carbons (Fsp3) is 0.0714. The number of ether oxygens (including phenoxy) is 2. The molecule has 0 aliphatic rings. The number of halogens is 2. The van der Waals surface area contributed by atoms with Gasteiger partial charge in [-0.05, 0) is 6.07 Å². The molecule has 0 saturated carbocycles. The zero-order chi connectivity index (χ0) is 15.2. The average Bonchev–Trinajstić information content (AvgIpc) is 2.50. The number of para-hydroxylation sites is 1. The van der Waals surface area contributed by atoms with Gasteiger partial charge in [-0.2, -0.15) is 9.37 Å². The first-order chi connectivity index (χ1) is 10.2. The van der Waals surface area contributed by atoms with Gasteiger partial charge in [0.15, 0.2) is 11.4 Å². The van der Waals surface area contributed by atoms with Gasteiger partial charge in [-0.1, -0.05) is 29.8 Å². The third-order valence-electron chi connectivity index (χ3n) is 2.49. The molecule has 0 aliphatic heterocycles. The Labute approximate surface area is 125 Å². The van der Waals surface area contributed by atoms with Crippen molar-refractivity contribution < 1.29 is 18.7 Å². The Kier molecular flexibility index (Phi) is 4.84. The highest BCUT2D eigenvalue weighted by molar-refractivity contribution is 6.29. The minimum atomic E-state index is -0.877. The number of aldehydes is 1. The Morgan fingerprint density at radius 1 is 1.33 bits per heavy atom. The van der Waals surface area contributed by atoms with Crippen molar-refractivity contribution in [3.63, 3.8) is 0 Å². The minimum absolute atomic E-state index is 0.238. The van der Waals surface area contributed by atoms with Gasteiger partial charge in [-0.3, -0.25) is 4.79 Å². The zero-order valence-corrected chi connectivity index (χ0v) is 11.7. The summed E-state index contributed by atoms with van der Waals surface area (Å²) in [6, 6.07) is 6.58. The highest BCUT2D eigenvalue weighted by Gasteiger charge is 2.15. The lowest BCUT2D eigenvalue weighted by atomic mass is 10.1. The van der Waals surface area contributed by atoms with E-state index in [0.717, 1.165) is 6.33 Å². The number of nitrogens with zero attached hydrogens (tertiary/aromatic N) is 2. The molecular formula is C14H10ClFN2O3.